The Morgan fingerprint density at radius 1 is 1.10 bits per heavy atom. The van der Waals surface area contributed by atoms with E-state index in [0.29, 0.717) is 43.1 Å². The molecule has 2 heterocycles. The van der Waals surface area contributed by atoms with Crippen molar-refractivity contribution >= 4 is 17.6 Å². The molecule has 0 unspecified atom stereocenters. The minimum atomic E-state index is -4.77. The maximum Gasteiger partial charge on any atom is 0.573 e. The molecule has 0 radical (unpaired) electrons. The van der Waals surface area contributed by atoms with Gasteiger partial charge in [-0.2, -0.15) is 0 Å². The lowest BCUT2D eigenvalue weighted by molar-refractivity contribution is -0.274. The van der Waals surface area contributed by atoms with Crippen molar-refractivity contribution in [1.29, 1.82) is 0 Å². The zero-order valence-electron chi connectivity index (χ0n) is 16.6. The van der Waals surface area contributed by atoms with Crippen molar-refractivity contribution < 1.29 is 32.2 Å². The van der Waals surface area contributed by atoms with E-state index in [1.165, 1.54) is 25.4 Å². The average molecular weight is 438 g/mol. The number of methoxy groups -OCH3 is 1. The van der Waals surface area contributed by atoms with Crippen LogP contribution in [0.2, 0.25) is 0 Å². The number of hydrogen-bond donors (Lipinski definition) is 2. The van der Waals surface area contributed by atoms with Crippen molar-refractivity contribution in [2.45, 2.75) is 25.2 Å². The number of ether oxygens (including phenoxy) is 2. The van der Waals surface area contributed by atoms with Crippen molar-refractivity contribution in [3.05, 3.63) is 48.2 Å². The lowest BCUT2D eigenvalue weighted by Crippen LogP contribution is -2.47. The Labute approximate surface area is 176 Å². The zero-order valence-corrected chi connectivity index (χ0v) is 16.6. The van der Waals surface area contributed by atoms with Gasteiger partial charge in [0.2, 0.25) is 5.88 Å². The number of rotatable bonds is 5. The van der Waals surface area contributed by atoms with Crippen molar-refractivity contribution in [3.63, 3.8) is 0 Å². The fraction of sp³-hybridized carbons (Fsp3) is 0.350. The third-order valence-corrected chi connectivity index (χ3v) is 4.66. The molecule has 2 N–H and O–H groups in total. The molecule has 8 nitrogen and oxygen atoms in total. The number of piperidine rings is 1. The number of nitrogens with zero attached hydrogens (tertiary/aromatic N) is 2. The van der Waals surface area contributed by atoms with E-state index < -0.39 is 12.4 Å². The minimum Gasteiger partial charge on any atom is -0.481 e. The molecule has 1 aliphatic rings. The van der Waals surface area contributed by atoms with Crippen LogP contribution in [0.15, 0.2) is 42.6 Å². The summed E-state index contributed by atoms with van der Waals surface area (Å²) in [5.41, 5.74) is 0.787. The molecule has 0 atom stereocenters. The molecule has 0 saturated carbocycles. The Balaban J connectivity index is 1.44. The number of alkyl halides is 3. The molecule has 3 rings (SSSR count). The first-order valence-corrected chi connectivity index (χ1v) is 9.46. The summed E-state index contributed by atoms with van der Waals surface area (Å²) in [5.74, 6) is -0.0882. The monoisotopic (exact) mass is 438 g/mol. The van der Waals surface area contributed by atoms with E-state index >= 15 is 0 Å². The quantitative estimate of drug-likeness (QED) is 0.747. The zero-order chi connectivity index (χ0) is 22.4. The number of pyridine rings is 1. The third-order valence-electron chi connectivity index (χ3n) is 4.66. The Bertz CT molecular complexity index is 896. The van der Waals surface area contributed by atoms with Crippen LogP contribution in [0.4, 0.5) is 23.7 Å². The highest BCUT2D eigenvalue weighted by Crippen LogP contribution is 2.24. The van der Waals surface area contributed by atoms with Gasteiger partial charge in [-0.1, -0.05) is 0 Å². The number of anilines is 1. The van der Waals surface area contributed by atoms with Gasteiger partial charge in [0.15, 0.2) is 0 Å². The third kappa shape index (κ3) is 6.49. The number of nitrogens with one attached hydrogen (secondary N) is 2. The van der Waals surface area contributed by atoms with Gasteiger partial charge in [0, 0.05) is 37.1 Å². The second-order valence-electron chi connectivity index (χ2n) is 6.83. The van der Waals surface area contributed by atoms with Crippen molar-refractivity contribution in [2.75, 3.05) is 25.5 Å². The number of amides is 3. The summed E-state index contributed by atoms with van der Waals surface area (Å²) >= 11 is 0. The lowest BCUT2D eigenvalue weighted by atomic mass is 10.0. The van der Waals surface area contributed by atoms with Crippen molar-refractivity contribution in [2.24, 2.45) is 0 Å². The molecule has 31 heavy (non-hydrogen) atoms. The van der Waals surface area contributed by atoms with Gasteiger partial charge in [-0.05, 0) is 43.2 Å². The van der Waals surface area contributed by atoms with Gasteiger partial charge in [0.25, 0.3) is 5.91 Å². The first-order chi connectivity index (χ1) is 14.7. The maximum atomic E-state index is 12.5. The van der Waals surface area contributed by atoms with Crippen LogP contribution in [0.3, 0.4) is 0 Å². The standard InChI is InChI=1S/C20H21F3N4O4/c1-30-17-7-2-13(12-24-17)18(28)27-10-8-15(9-11-27)26-19(29)25-14-3-5-16(6-4-14)31-20(21,22)23/h2-7,12,15H,8-11H2,1H3,(H2,25,26,29). The van der Waals surface area contributed by atoms with Crippen LogP contribution in [0.1, 0.15) is 23.2 Å². The van der Waals surface area contributed by atoms with Crippen LogP contribution in [-0.4, -0.2) is 54.4 Å². The first kappa shape index (κ1) is 22.2. The Hall–Kier alpha value is -3.50. The van der Waals surface area contributed by atoms with E-state index in [4.69, 9.17) is 4.74 Å². The average Bonchev–Trinajstić information content (AvgIpc) is 2.74. The summed E-state index contributed by atoms with van der Waals surface area (Å²) in [4.78, 5) is 30.4. The number of benzene rings is 1. The van der Waals surface area contributed by atoms with Gasteiger partial charge in [0.1, 0.15) is 5.75 Å². The molecular formula is C20H21F3N4O4. The molecule has 1 saturated heterocycles. The normalized spacial score (nSPS) is 14.6. The lowest BCUT2D eigenvalue weighted by Gasteiger charge is -2.32. The smallest absolute Gasteiger partial charge is 0.481 e. The fourth-order valence-corrected chi connectivity index (χ4v) is 3.13. The van der Waals surface area contributed by atoms with Crippen molar-refractivity contribution in [3.8, 4) is 11.6 Å². The molecule has 0 spiro atoms. The Morgan fingerprint density at radius 3 is 2.32 bits per heavy atom. The predicted octanol–water partition coefficient (Wildman–Crippen LogP) is 3.42. The molecular weight excluding hydrogens is 417 g/mol. The summed E-state index contributed by atoms with van der Waals surface area (Å²) in [6, 6.07) is 7.50. The van der Waals surface area contributed by atoms with Gasteiger partial charge in [-0.25, -0.2) is 9.78 Å². The van der Waals surface area contributed by atoms with Gasteiger partial charge in [-0.3, -0.25) is 4.79 Å². The summed E-state index contributed by atoms with van der Waals surface area (Å²) in [5, 5.41) is 5.37. The summed E-state index contributed by atoms with van der Waals surface area (Å²) < 4.78 is 45.3. The van der Waals surface area contributed by atoms with Crippen LogP contribution in [0.25, 0.3) is 0 Å². The molecule has 166 valence electrons. The first-order valence-electron chi connectivity index (χ1n) is 9.46. The van der Waals surface area contributed by atoms with Gasteiger partial charge in [0.05, 0.1) is 12.7 Å². The van der Waals surface area contributed by atoms with Crippen LogP contribution >= 0.6 is 0 Å². The highest BCUT2D eigenvalue weighted by Gasteiger charge is 2.31. The van der Waals surface area contributed by atoms with Crippen LogP contribution < -0.4 is 20.1 Å². The Morgan fingerprint density at radius 2 is 1.77 bits per heavy atom. The number of hydrogen-bond acceptors (Lipinski definition) is 5. The van der Waals surface area contributed by atoms with E-state index in [0.717, 1.165) is 12.1 Å². The van der Waals surface area contributed by atoms with E-state index in [9.17, 15) is 22.8 Å². The van der Waals surface area contributed by atoms with Crippen LogP contribution in [0.5, 0.6) is 11.6 Å². The highest BCUT2D eigenvalue weighted by atomic mass is 19.4. The number of halogens is 3. The SMILES string of the molecule is COc1ccc(C(=O)N2CCC(NC(=O)Nc3ccc(OC(F)(F)F)cc3)CC2)cn1. The Kier molecular flexibility index (Phi) is 6.83. The van der Waals surface area contributed by atoms with Gasteiger partial charge < -0.3 is 25.0 Å². The molecule has 1 fully saturated rings. The topological polar surface area (TPSA) is 92.8 Å². The minimum absolute atomic E-state index is 0.133. The largest absolute Gasteiger partial charge is 0.573 e. The second-order valence-corrected chi connectivity index (χ2v) is 6.83. The molecule has 1 aromatic heterocycles. The molecule has 0 bridgehead atoms. The molecule has 0 aliphatic carbocycles. The van der Waals surface area contributed by atoms with E-state index in [1.807, 2.05) is 0 Å². The molecule has 11 heteroatoms. The van der Waals surface area contributed by atoms with Crippen molar-refractivity contribution in [1.82, 2.24) is 15.2 Å². The molecule has 1 aromatic carbocycles. The van der Waals surface area contributed by atoms with Crippen LogP contribution in [-0.2, 0) is 0 Å². The highest BCUT2D eigenvalue weighted by molar-refractivity contribution is 5.94. The molecule has 2 aromatic rings. The molecule has 1 aliphatic heterocycles. The fourth-order valence-electron chi connectivity index (χ4n) is 3.13. The number of aromatic nitrogens is 1. The van der Waals surface area contributed by atoms with E-state index in [1.54, 1.807) is 17.0 Å². The van der Waals surface area contributed by atoms with Gasteiger partial charge in [-0.15, -0.1) is 13.2 Å². The van der Waals surface area contributed by atoms with Crippen LogP contribution in [0, 0.1) is 0 Å². The summed E-state index contributed by atoms with van der Waals surface area (Å²) in [7, 11) is 1.50. The second kappa shape index (κ2) is 9.54. The maximum absolute atomic E-state index is 12.5. The predicted molar refractivity (Wildman–Crippen MR) is 105 cm³/mol. The number of urea groups is 1. The number of likely N-dealkylation sites (tertiary alicyclic amines) is 1. The summed E-state index contributed by atoms with van der Waals surface area (Å²) in [6.45, 7) is 0.943. The number of carbonyl (C=O) groups excluding carboxylic acids is 2. The van der Waals surface area contributed by atoms with E-state index in [2.05, 4.69) is 20.4 Å². The van der Waals surface area contributed by atoms with E-state index in [-0.39, 0.29) is 17.7 Å². The number of carbonyl (C=O) groups is 2. The molecule has 3 amide bonds. The van der Waals surface area contributed by atoms with Gasteiger partial charge >= 0.3 is 12.4 Å². The summed E-state index contributed by atoms with van der Waals surface area (Å²) in [6.07, 6.45) is -2.17.